The fraction of sp³-hybridized carbons (Fsp3) is 0.433. The van der Waals surface area contributed by atoms with E-state index >= 15 is 4.39 Å². The van der Waals surface area contributed by atoms with Crippen molar-refractivity contribution in [2.75, 3.05) is 43.9 Å². The normalized spacial score (nSPS) is 18.9. The second-order valence-electron chi connectivity index (χ2n) is 11.8. The summed E-state index contributed by atoms with van der Waals surface area (Å²) < 4.78 is 69.1. The number of alkyl halides is 3. The summed E-state index contributed by atoms with van der Waals surface area (Å²) in [5, 5.41) is 5.93. The Bertz CT molecular complexity index is 1910. The predicted molar refractivity (Wildman–Crippen MR) is 166 cm³/mol. The molecule has 1 aromatic carbocycles. The number of nitrogen functional groups attached to an aromatic ring is 1. The third-order valence-corrected chi connectivity index (χ3v) is 8.68. The van der Waals surface area contributed by atoms with Crippen molar-refractivity contribution in [3.8, 4) is 17.0 Å². The zero-order valence-corrected chi connectivity index (χ0v) is 27.1. The number of hydrogen-bond acceptors (Lipinski definition) is 9. The van der Waals surface area contributed by atoms with E-state index in [1.165, 1.54) is 16.5 Å². The monoisotopic (exact) mass is 693 g/mol. The molecule has 4 aromatic rings. The highest BCUT2D eigenvalue weighted by Gasteiger charge is 2.41. The highest BCUT2D eigenvalue weighted by molar-refractivity contribution is 6.35. The van der Waals surface area contributed by atoms with Gasteiger partial charge in [-0.05, 0) is 32.9 Å². The summed E-state index contributed by atoms with van der Waals surface area (Å²) in [5.74, 6) is -1.90. The van der Waals surface area contributed by atoms with Crippen molar-refractivity contribution >= 4 is 40.6 Å². The molecular formula is C30H32ClF4N9O4. The van der Waals surface area contributed by atoms with Gasteiger partial charge in [0.25, 0.3) is 5.91 Å². The number of aromatic nitrogens is 5. The van der Waals surface area contributed by atoms with Crippen LogP contribution in [0.2, 0.25) is 5.02 Å². The number of nitrogens with two attached hydrogens (primary N) is 1. The zero-order valence-electron chi connectivity index (χ0n) is 26.3. The van der Waals surface area contributed by atoms with Gasteiger partial charge >= 0.3 is 6.18 Å². The molecule has 6 rings (SSSR count). The van der Waals surface area contributed by atoms with Gasteiger partial charge in [0.15, 0.2) is 5.82 Å². The Morgan fingerprint density at radius 3 is 2.67 bits per heavy atom. The minimum Gasteiger partial charge on any atom is -0.493 e. The van der Waals surface area contributed by atoms with Crippen LogP contribution in [0.25, 0.3) is 16.8 Å². The molecule has 2 atom stereocenters. The van der Waals surface area contributed by atoms with Gasteiger partial charge in [0.05, 0.1) is 49.1 Å². The quantitative estimate of drug-likeness (QED) is 0.273. The van der Waals surface area contributed by atoms with E-state index in [0.29, 0.717) is 17.3 Å². The second-order valence-corrected chi connectivity index (χ2v) is 12.2. The first-order chi connectivity index (χ1) is 22.7. The van der Waals surface area contributed by atoms with Gasteiger partial charge in [-0.1, -0.05) is 11.6 Å². The Hall–Kier alpha value is -4.48. The molecule has 2 amide bonds. The first-order valence-corrected chi connectivity index (χ1v) is 15.4. The molecule has 2 fully saturated rings. The number of imidazole rings is 1. The molecule has 3 aromatic heterocycles. The molecule has 2 aliphatic heterocycles. The van der Waals surface area contributed by atoms with Gasteiger partial charge in [-0.3, -0.25) is 23.6 Å². The first-order valence-electron chi connectivity index (χ1n) is 15.0. The van der Waals surface area contributed by atoms with Crippen LogP contribution in [0.1, 0.15) is 48.8 Å². The van der Waals surface area contributed by atoms with Crippen molar-refractivity contribution in [3.63, 3.8) is 0 Å². The number of morpholine rings is 1. The Kier molecular flexibility index (Phi) is 8.72. The maximum Gasteiger partial charge on any atom is 0.433 e. The van der Waals surface area contributed by atoms with Crippen molar-refractivity contribution in [3.05, 3.63) is 52.4 Å². The van der Waals surface area contributed by atoms with E-state index in [1.807, 2.05) is 13.8 Å². The van der Waals surface area contributed by atoms with Crippen molar-refractivity contribution in [1.82, 2.24) is 33.9 Å². The van der Waals surface area contributed by atoms with E-state index < -0.39 is 29.8 Å². The van der Waals surface area contributed by atoms with Crippen LogP contribution in [0, 0.1) is 5.95 Å². The smallest absolute Gasteiger partial charge is 0.433 e. The van der Waals surface area contributed by atoms with Gasteiger partial charge in [0, 0.05) is 31.3 Å². The topological polar surface area (TPSA) is 145 Å². The lowest BCUT2D eigenvalue weighted by atomic mass is 10.1. The van der Waals surface area contributed by atoms with E-state index in [0.717, 1.165) is 13.2 Å². The summed E-state index contributed by atoms with van der Waals surface area (Å²) in [4.78, 5) is 38.8. The van der Waals surface area contributed by atoms with Gasteiger partial charge in [0.1, 0.15) is 40.4 Å². The number of benzene rings is 1. The number of nitrogens with one attached hydrogen (secondary N) is 1. The van der Waals surface area contributed by atoms with E-state index in [-0.39, 0.29) is 94.9 Å². The number of carbonyl (C=O) groups is 2. The van der Waals surface area contributed by atoms with Crippen LogP contribution in [0.3, 0.4) is 0 Å². The molecule has 3 N–H and O–H groups in total. The third-order valence-electron chi connectivity index (χ3n) is 8.37. The molecule has 18 heteroatoms. The largest absolute Gasteiger partial charge is 0.493 e. The maximum atomic E-state index is 15.5. The summed E-state index contributed by atoms with van der Waals surface area (Å²) in [6, 6.07) is 3.36. The average Bonchev–Trinajstić information content (AvgIpc) is 3.61. The Labute approximate surface area is 276 Å². The number of rotatable bonds is 7. The maximum absolute atomic E-state index is 15.5. The van der Waals surface area contributed by atoms with Gasteiger partial charge in [0.2, 0.25) is 11.9 Å². The molecule has 0 saturated carbocycles. The number of ether oxygens (including phenoxy) is 2. The molecule has 5 heterocycles. The van der Waals surface area contributed by atoms with Crippen LogP contribution in [0.5, 0.6) is 5.75 Å². The van der Waals surface area contributed by atoms with E-state index in [2.05, 4.69) is 20.3 Å². The lowest BCUT2D eigenvalue weighted by Gasteiger charge is -2.46. The average molecular weight is 694 g/mol. The van der Waals surface area contributed by atoms with Crippen molar-refractivity contribution in [1.29, 1.82) is 0 Å². The summed E-state index contributed by atoms with van der Waals surface area (Å²) in [7, 11) is 1.10. The van der Waals surface area contributed by atoms with Crippen molar-refractivity contribution in [2.24, 2.45) is 7.05 Å². The molecule has 0 spiro atoms. The number of halogens is 5. The fourth-order valence-corrected chi connectivity index (χ4v) is 6.25. The lowest BCUT2D eigenvalue weighted by Crippen LogP contribution is -2.62. The molecule has 48 heavy (non-hydrogen) atoms. The molecule has 256 valence electrons. The van der Waals surface area contributed by atoms with Crippen LogP contribution >= 0.6 is 11.6 Å². The number of piperazine rings is 1. The number of amides is 2. The van der Waals surface area contributed by atoms with E-state index in [9.17, 15) is 22.8 Å². The molecule has 2 saturated heterocycles. The first kappa shape index (κ1) is 33.4. The number of hydrogen-bond donors (Lipinski definition) is 2. The summed E-state index contributed by atoms with van der Waals surface area (Å²) >= 11 is 6.58. The minimum absolute atomic E-state index is 0.0727. The highest BCUT2D eigenvalue weighted by Crippen LogP contribution is 2.41. The van der Waals surface area contributed by atoms with Gasteiger partial charge in [-0.25, -0.2) is 9.97 Å². The third kappa shape index (κ3) is 6.01. The Morgan fingerprint density at radius 2 is 2.00 bits per heavy atom. The second kappa shape index (κ2) is 12.5. The zero-order chi connectivity index (χ0) is 34.7. The van der Waals surface area contributed by atoms with E-state index in [4.69, 9.17) is 31.8 Å². The SMILES string of the molecule is CCOc1cc(C(=O)Nc2cc(C(F)(F)F)n(C)n2)c(Cl)cc1-c1nc([C@H]2CN3C(=O)CN(C(C)C)C[C@@H]3CO2)n2c(F)cnc(N)c12. The summed E-state index contributed by atoms with van der Waals surface area (Å²) in [6.45, 7) is 7.06. The number of anilines is 2. The van der Waals surface area contributed by atoms with Gasteiger partial charge in [-0.15, -0.1) is 0 Å². The van der Waals surface area contributed by atoms with Crippen LogP contribution in [0.4, 0.5) is 29.2 Å². The molecule has 0 aliphatic carbocycles. The van der Waals surface area contributed by atoms with Crippen LogP contribution in [0.15, 0.2) is 24.4 Å². The molecular weight excluding hydrogens is 662 g/mol. The van der Waals surface area contributed by atoms with E-state index in [1.54, 1.807) is 11.8 Å². The van der Waals surface area contributed by atoms with Gasteiger partial charge in [-0.2, -0.15) is 22.7 Å². The number of fused-ring (bicyclic) bond motifs is 2. The number of nitrogens with zero attached hydrogens (tertiary/aromatic N) is 7. The Morgan fingerprint density at radius 1 is 1.25 bits per heavy atom. The van der Waals surface area contributed by atoms with Crippen molar-refractivity contribution in [2.45, 2.75) is 45.1 Å². The minimum atomic E-state index is -4.68. The van der Waals surface area contributed by atoms with Crippen LogP contribution in [-0.2, 0) is 22.8 Å². The predicted octanol–water partition coefficient (Wildman–Crippen LogP) is 4.17. The van der Waals surface area contributed by atoms with Crippen LogP contribution < -0.4 is 15.8 Å². The lowest BCUT2D eigenvalue weighted by molar-refractivity contribution is -0.157. The molecule has 2 aliphatic rings. The Balaban J connectivity index is 1.38. The van der Waals surface area contributed by atoms with Gasteiger partial charge < -0.3 is 25.4 Å². The van der Waals surface area contributed by atoms with Crippen LogP contribution in [-0.4, -0.2) is 90.7 Å². The number of carbonyl (C=O) groups excluding carboxylic acids is 2. The standard InChI is InChI=1S/C30H32ClF4N9O4/c1-5-47-19-7-16(29(46)38-23-8-21(30(33,34)35)41(4)40-23)18(31)6-17(19)25-26-27(36)37-9-22(32)44(26)28(39-25)20-11-43-15(13-48-20)10-42(14(2)3)12-24(43)45/h6-9,14-15,20H,5,10-13H2,1-4H3,(H2,36,37)(H,38,40,46)/t15-,20-/m1/s1. The molecule has 13 nitrogen and oxygen atoms in total. The fourth-order valence-electron chi connectivity index (χ4n) is 6.00. The molecule has 0 bridgehead atoms. The summed E-state index contributed by atoms with van der Waals surface area (Å²) in [6.07, 6.45) is -4.57. The van der Waals surface area contributed by atoms with Crippen molar-refractivity contribution < 1.29 is 36.6 Å². The highest BCUT2D eigenvalue weighted by atomic mass is 35.5. The molecule has 0 unspecified atom stereocenters. The molecule has 0 radical (unpaired) electrons. The summed E-state index contributed by atoms with van der Waals surface area (Å²) in [5.41, 5.74) is 5.50. The number of aryl methyl sites for hydroxylation is 1.